The van der Waals surface area contributed by atoms with Gasteiger partial charge in [-0.25, -0.2) is 0 Å². The summed E-state index contributed by atoms with van der Waals surface area (Å²) in [4.78, 5) is 21.6. The zero-order valence-corrected chi connectivity index (χ0v) is 10.1. The van der Waals surface area contributed by atoms with Crippen LogP contribution >= 0.6 is 0 Å². The molecule has 0 aliphatic heterocycles. The van der Waals surface area contributed by atoms with Crippen LogP contribution in [0.4, 0.5) is 5.69 Å². The largest absolute Gasteiger partial charge is 0.294 e. The molecule has 0 amide bonds. The first-order chi connectivity index (χ1) is 7.80. The first-order valence-electron chi connectivity index (χ1n) is 5.27. The lowest BCUT2D eigenvalue weighted by Crippen LogP contribution is -2.17. The van der Waals surface area contributed by atoms with Gasteiger partial charge in [-0.1, -0.05) is 26.8 Å². The molecular formula is C13H15NO3. The molecule has 4 nitrogen and oxygen atoms in total. The van der Waals surface area contributed by atoms with Crippen LogP contribution in [0.2, 0.25) is 0 Å². The minimum atomic E-state index is -0.451. The quantitative estimate of drug-likeness (QED) is 0.457. The Labute approximate surface area is 100 Å². The summed E-state index contributed by atoms with van der Waals surface area (Å²) in [6.07, 6.45) is 3.17. The Morgan fingerprint density at radius 2 is 1.76 bits per heavy atom. The van der Waals surface area contributed by atoms with E-state index >= 15 is 0 Å². The van der Waals surface area contributed by atoms with E-state index in [9.17, 15) is 14.9 Å². The highest BCUT2D eigenvalue weighted by molar-refractivity contribution is 5.97. The van der Waals surface area contributed by atoms with Gasteiger partial charge in [-0.3, -0.25) is 14.9 Å². The molecule has 4 heteroatoms. The van der Waals surface area contributed by atoms with E-state index in [1.165, 1.54) is 18.2 Å². The summed E-state index contributed by atoms with van der Waals surface area (Å²) in [7, 11) is 0. The lowest BCUT2D eigenvalue weighted by molar-refractivity contribution is -0.384. The van der Waals surface area contributed by atoms with E-state index < -0.39 is 10.3 Å². The fraction of sp³-hybridized carbons (Fsp3) is 0.308. The fourth-order valence-corrected chi connectivity index (χ4v) is 1.13. The number of allylic oxidation sites excluding steroid dienone is 1. The molecule has 0 spiro atoms. The molecule has 1 rings (SSSR count). The fourth-order valence-electron chi connectivity index (χ4n) is 1.13. The lowest BCUT2D eigenvalue weighted by atomic mass is 9.90. The SMILES string of the molecule is CC(C)(C)C(=O)C=Cc1ccc([N+](=O)[O-])cc1. The Hall–Kier alpha value is -1.97. The molecule has 0 fully saturated rings. The molecule has 0 unspecified atom stereocenters. The third-order valence-corrected chi connectivity index (χ3v) is 2.27. The van der Waals surface area contributed by atoms with Crippen molar-refractivity contribution in [2.24, 2.45) is 5.41 Å². The minimum absolute atomic E-state index is 0.0239. The van der Waals surface area contributed by atoms with Gasteiger partial charge in [-0.05, 0) is 23.8 Å². The van der Waals surface area contributed by atoms with Crippen LogP contribution in [-0.4, -0.2) is 10.7 Å². The molecule has 0 saturated carbocycles. The van der Waals surface area contributed by atoms with Crippen molar-refractivity contribution in [3.63, 3.8) is 0 Å². The van der Waals surface area contributed by atoms with Crippen molar-refractivity contribution >= 4 is 17.5 Å². The molecule has 1 aromatic carbocycles. The van der Waals surface area contributed by atoms with Crippen LogP contribution in [0.3, 0.4) is 0 Å². The number of nitrogens with zero attached hydrogens (tertiary/aromatic N) is 1. The van der Waals surface area contributed by atoms with Gasteiger partial charge in [0.15, 0.2) is 5.78 Å². The number of rotatable bonds is 3. The van der Waals surface area contributed by atoms with Crippen molar-refractivity contribution in [1.29, 1.82) is 0 Å². The van der Waals surface area contributed by atoms with Crippen LogP contribution in [-0.2, 0) is 4.79 Å². The Morgan fingerprint density at radius 1 is 1.24 bits per heavy atom. The van der Waals surface area contributed by atoms with Gasteiger partial charge >= 0.3 is 0 Å². The van der Waals surface area contributed by atoms with Crippen LogP contribution < -0.4 is 0 Å². The molecule has 0 N–H and O–H groups in total. The third-order valence-electron chi connectivity index (χ3n) is 2.27. The maximum absolute atomic E-state index is 11.6. The predicted octanol–water partition coefficient (Wildman–Crippen LogP) is 3.22. The number of carbonyl (C=O) groups excluding carboxylic acids is 1. The monoisotopic (exact) mass is 233 g/mol. The second kappa shape index (κ2) is 4.91. The van der Waals surface area contributed by atoms with E-state index in [4.69, 9.17) is 0 Å². The predicted molar refractivity (Wildman–Crippen MR) is 66.6 cm³/mol. The number of non-ortho nitro benzene ring substituents is 1. The topological polar surface area (TPSA) is 60.2 Å². The van der Waals surface area contributed by atoms with Gasteiger partial charge in [-0.2, -0.15) is 0 Å². The minimum Gasteiger partial charge on any atom is -0.294 e. The van der Waals surface area contributed by atoms with E-state index in [1.807, 2.05) is 20.8 Å². The second-order valence-electron chi connectivity index (χ2n) is 4.80. The summed E-state index contributed by atoms with van der Waals surface area (Å²) < 4.78 is 0. The maximum atomic E-state index is 11.6. The Balaban J connectivity index is 2.80. The number of carbonyl (C=O) groups is 1. The van der Waals surface area contributed by atoms with E-state index in [0.29, 0.717) is 0 Å². The van der Waals surface area contributed by atoms with Gasteiger partial charge in [0.05, 0.1) is 4.92 Å². The van der Waals surface area contributed by atoms with Crippen molar-refractivity contribution < 1.29 is 9.72 Å². The summed E-state index contributed by atoms with van der Waals surface area (Å²) in [5.41, 5.74) is 0.412. The lowest BCUT2D eigenvalue weighted by Gasteiger charge is -2.12. The molecule has 0 radical (unpaired) electrons. The van der Waals surface area contributed by atoms with Gasteiger partial charge in [-0.15, -0.1) is 0 Å². The van der Waals surface area contributed by atoms with E-state index in [-0.39, 0.29) is 11.5 Å². The van der Waals surface area contributed by atoms with Crippen molar-refractivity contribution in [3.05, 3.63) is 46.0 Å². The summed E-state index contributed by atoms with van der Waals surface area (Å²) in [5.74, 6) is 0.0239. The highest BCUT2D eigenvalue weighted by Crippen LogP contribution is 2.17. The molecule has 0 atom stereocenters. The summed E-state index contributed by atoms with van der Waals surface area (Å²) in [5, 5.41) is 10.4. The zero-order valence-electron chi connectivity index (χ0n) is 10.1. The van der Waals surface area contributed by atoms with Crippen LogP contribution in [0.15, 0.2) is 30.3 Å². The summed E-state index contributed by atoms with van der Waals surface area (Å²) in [6, 6.07) is 6.07. The standard InChI is InChI=1S/C13H15NO3/c1-13(2,3)12(15)9-6-10-4-7-11(8-5-10)14(16)17/h4-9H,1-3H3. The molecular weight excluding hydrogens is 218 g/mol. The van der Waals surface area contributed by atoms with Crippen molar-refractivity contribution in [2.45, 2.75) is 20.8 Å². The highest BCUT2D eigenvalue weighted by atomic mass is 16.6. The average Bonchev–Trinajstić information content (AvgIpc) is 2.25. The number of nitro groups is 1. The van der Waals surface area contributed by atoms with Crippen molar-refractivity contribution in [2.75, 3.05) is 0 Å². The van der Waals surface area contributed by atoms with Crippen molar-refractivity contribution in [1.82, 2.24) is 0 Å². The van der Waals surface area contributed by atoms with E-state index in [0.717, 1.165) is 5.56 Å². The van der Waals surface area contributed by atoms with Crippen LogP contribution in [0.1, 0.15) is 26.3 Å². The normalized spacial score (nSPS) is 11.7. The molecule has 0 aliphatic rings. The number of hydrogen-bond acceptors (Lipinski definition) is 3. The number of benzene rings is 1. The first kappa shape index (κ1) is 13.1. The molecule has 1 aromatic rings. The molecule has 90 valence electrons. The van der Waals surface area contributed by atoms with Crippen molar-refractivity contribution in [3.8, 4) is 0 Å². The van der Waals surface area contributed by atoms with Gasteiger partial charge in [0, 0.05) is 17.5 Å². The smallest absolute Gasteiger partial charge is 0.269 e. The van der Waals surface area contributed by atoms with Gasteiger partial charge in [0.2, 0.25) is 0 Å². The summed E-state index contributed by atoms with van der Waals surface area (Å²) >= 11 is 0. The number of nitro benzene ring substituents is 1. The molecule has 0 aromatic heterocycles. The van der Waals surface area contributed by atoms with Gasteiger partial charge < -0.3 is 0 Å². The van der Waals surface area contributed by atoms with Crippen LogP contribution in [0.5, 0.6) is 0 Å². The van der Waals surface area contributed by atoms with Gasteiger partial charge in [0.1, 0.15) is 0 Å². The number of ketones is 1. The molecule has 0 aliphatic carbocycles. The van der Waals surface area contributed by atoms with E-state index in [1.54, 1.807) is 18.2 Å². The zero-order chi connectivity index (χ0) is 13.1. The average molecular weight is 233 g/mol. The van der Waals surface area contributed by atoms with Crippen LogP contribution in [0, 0.1) is 15.5 Å². The van der Waals surface area contributed by atoms with Crippen LogP contribution in [0.25, 0.3) is 6.08 Å². The summed E-state index contributed by atoms with van der Waals surface area (Å²) in [6.45, 7) is 5.53. The van der Waals surface area contributed by atoms with E-state index in [2.05, 4.69) is 0 Å². The first-order valence-corrected chi connectivity index (χ1v) is 5.27. The second-order valence-corrected chi connectivity index (χ2v) is 4.80. The molecule has 0 bridgehead atoms. The highest BCUT2D eigenvalue weighted by Gasteiger charge is 2.17. The molecule has 0 saturated heterocycles. The molecule has 0 heterocycles. The third kappa shape index (κ3) is 3.83. The molecule has 17 heavy (non-hydrogen) atoms. The van der Waals surface area contributed by atoms with Gasteiger partial charge in [0.25, 0.3) is 5.69 Å². The maximum Gasteiger partial charge on any atom is 0.269 e. The Bertz CT molecular complexity index is 453. The Morgan fingerprint density at radius 3 is 2.18 bits per heavy atom. The Kier molecular flexibility index (Phi) is 3.78. The number of hydrogen-bond donors (Lipinski definition) is 0.